The van der Waals surface area contributed by atoms with Crippen molar-refractivity contribution >= 4 is 24.8 Å². The Kier molecular flexibility index (Phi) is 9.38. The lowest BCUT2D eigenvalue weighted by atomic mass is 9.77. The van der Waals surface area contributed by atoms with Crippen LogP contribution in [0, 0.1) is 0 Å². The van der Waals surface area contributed by atoms with Crippen LogP contribution in [0.2, 0.25) is 0 Å². The normalized spacial score (nSPS) is 17.2. The molecule has 1 aromatic rings. The van der Waals surface area contributed by atoms with Crippen molar-refractivity contribution in [2.24, 2.45) is 0 Å². The van der Waals surface area contributed by atoms with Crippen molar-refractivity contribution < 1.29 is 9.50 Å². The van der Waals surface area contributed by atoms with Crippen LogP contribution in [0.1, 0.15) is 64.3 Å². The van der Waals surface area contributed by atoms with Gasteiger partial charge >= 0.3 is 0 Å². The number of hydrogen-bond acceptors (Lipinski definition) is 3. The second kappa shape index (κ2) is 9.59. The van der Waals surface area contributed by atoms with E-state index in [1.807, 2.05) is 12.1 Å². The third-order valence-electron chi connectivity index (χ3n) is 4.87. The lowest BCUT2D eigenvalue weighted by Crippen LogP contribution is -2.45. The summed E-state index contributed by atoms with van der Waals surface area (Å²) < 4.78 is 14.0. The van der Waals surface area contributed by atoms with Crippen LogP contribution in [0.15, 0.2) is 12.1 Å². The first kappa shape index (κ1) is 25.4. The highest BCUT2D eigenvalue weighted by Gasteiger charge is 2.30. The maximum absolute atomic E-state index is 14.0. The second-order valence-corrected chi connectivity index (χ2v) is 8.92. The number of halogens is 3. The van der Waals surface area contributed by atoms with Gasteiger partial charge in [0.2, 0.25) is 0 Å². The lowest BCUT2D eigenvalue weighted by Gasteiger charge is -2.35. The summed E-state index contributed by atoms with van der Waals surface area (Å²) in [5.74, 6) is 0.358. The fourth-order valence-corrected chi connectivity index (χ4v) is 3.38. The van der Waals surface area contributed by atoms with E-state index in [1.54, 1.807) is 0 Å². The zero-order valence-electron chi connectivity index (χ0n) is 16.9. The Hall–Kier alpha value is -0.550. The maximum atomic E-state index is 14.0. The number of hydrogen-bond donors (Lipinski definition) is 2. The molecule has 6 heteroatoms. The Labute approximate surface area is 170 Å². The van der Waals surface area contributed by atoms with Crippen LogP contribution in [0.3, 0.4) is 0 Å². The van der Waals surface area contributed by atoms with E-state index in [0.29, 0.717) is 5.75 Å². The average molecular weight is 409 g/mol. The molecule has 1 fully saturated rings. The van der Waals surface area contributed by atoms with Crippen molar-refractivity contribution in [3.63, 3.8) is 0 Å². The summed E-state index contributed by atoms with van der Waals surface area (Å²) in [4.78, 5) is 2.21. The molecular formula is C20H35Cl2FN2O. The summed E-state index contributed by atoms with van der Waals surface area (Å²) in [6.45, 7) is 15.6. The van der Waals surface area contributed by atoms with E-state index in [0.717, 1.165) is 42.9 Å². The minimum Gasteiger partial charge on any atom is -0.507 e. The minimum atomic E-state index is -0.405. The molecule has 0 spiro atoms. The lowest BCUT2D eigenvalue weighted by molar-refractivity contribution is 0.147. The van der Waals surface area contributed by atoms with E-state index in [4.69, 9.17) is 0 Å². The highest BCUT2D eigenvalue weighted by Crippen LogP contribution is 2.41. The molecule has 0 aliphatic carbocycles. The van der Waals surface area contributed by atoms with Crippen molar-refractivity contribution in [3.05, 3.63) is 28.8 Å². The minimum absolute atomic E-state index is 0. The van der Waals surface area contributed by atoms with Gasteiger partial charge in [-0.05, 0) is 39.7 Å². The molecule has 1 atom stereocenters. The Morgan fingerprint density at radius 3 is 1.77 bits per heavy atom. The molecule has 1 aliphatic rings. The quantitative estimate of drug-likeness (QED) is 0.757. The molecule has 3 nitrogen and oxygen atoms in total. The molecule has 26 heavy (non-hydrogen) atoms. The van der Waals surface area contributed by atoms with Crippen LogP contribution in [-0.2, 0) is 10.8 Å². The van der Waals surface area contributed by atoms with Gasteiger partial charge in [-0.3, -0.25) is 4.90 Å². The van der Waals surface area contributed by atoms with Crippen molar-refractivity contribution in [2.75, 3.05) is 32.9 Å². The van der Waals surface area contributed by atoms with E-state index < -0.39 is 6.67 Å². The number of aromatic hydroxyl groups is 1. The summed E-state index contributed by atoms with van der Waals surface area (Å²) in [5, 5.41) is 14.2. The largest absolute Gasteiger partial charge is 0.507 e. The average Bonchev–Trinajstić information content (AvgIpc) is 2.48. The van der Waals surface area contributed by atoms with Gasteiger partial charge in [-0.1, -0.05) is 41.5 Å². The highest BCUT2D eigenvalue weighted by atomic mass is 35.5. The summed E-state index contributed by atoms with van der Waals surface area (Å²) in [6, 6.07) is 3.78. The Balaban J connectivity index is 0.00000312. The molecule has 0 saturated carbocycles. The van der Waals surface area contributed by atoms with Gasteiger partial charge in [0.1, 0.15) is 12.4 Å². The number of phenolic OH excluding ortho intramolecular Hbond substituents is 1. The Morgan fingerprint density at radius 1 is 1.00 bits per heavy atom. The first-order chi connectivity index (χ1) is 11.1. The van der Waals surface area contributed by atoms with Crippen LogP contribution in [0.25, 0.3) is 0 Å². The maximum Gasteiger partial charge on any atom is 0.123 e. The van der Waals surface area contributed by atoms with E-state index in [2.05, 4.69) is 51.8 Å². The SMILES string of the molecule is CC(C)(C)c1cc([C@H](CF)N2CCNCC2)cc(C(C)(C)C)c1O.Cl.Cl. The van der Waals surface area contributed by atoms with Gasteiger partial charge in [-0.25, -0.2) is 4.39 Å². The molecule has 0 radical (unpaired) electrons. The fourth-order valence-electron chi connectivity index (χ4n) is 3.38. The zero-order valence-corrected chi connectivity index (χ0v) is 18.5. The predicted octanol–water partition coefficient (Wildman–Crippen LogP) is 4.75. The number of nitrogens with zero attached hydrogens (tertiary/aromatic N) is 1. The molecular weight excluding hydrogens is 374 g/mol. The van der Waals surface area contributed by atoms with Crippen LogP contribution >= 0.6 is 24.8 Å². The molecule has 0 aromatic heterocycles. The van der Waals surface area contributed by atoms with Gasteiger partial charge in [0.05, 0.1) is 6.04 Å². The van der Waals surface area contributed by atoms with Crippen molar-refractivity contribution in [3.8, 4) is 5.75 Å². The van der Waals surface area contributed by atoms with E-state index >= 15 is 0 Å². The summed E-state index contributed by atoms with van der Waals surface area (Å²) >= 11 is 0. The van der Waals surface area contributed by atoms with E-state index in [-0.39, 0.29) is 41.7 Å². The third-order valence-corrected chi connectivity index (χ3v) is 4.87. The third kappa shape index (κ3) is 5.72. The topological polar surface area (TPSA) is 35.5 Å². The first-order valence-corrected chi connectivity index (χ1v) is 8.94. The van der Waals surface area contributed by atoms with Crippen molar-refractivity contribution in [1.82, 2.24) is 10.2 Å². The van der Waals surface area contributed by atoms with Gasteiger partial charge in [-0.15, -0.1) is 24.8 Å². The zero-order chi connectivity index (χ0) is 18.1. The molecule has 1 aliphatic heterocycles. The molecule has 0 amide bonds. The number of rotatable bonds is 3. The predicted molar refractivity (Wildman–Crippen MR) is 113 cm³/mol. The van der Waals surface area contributed by atoms with Gasteiger partial charge in [0.15, 0.2) is 0 Å². The molecule has 2 rings (SSSR count). The van der Waals surface area contributed by atoms with Crippen molar-refractivity contribution in [2.45, 2.75) is 58.4 Å². The monoisotopic (exact) mass is 408 g/mol. The molecule has 2 N–H and O–H groups in total. The van der Waals surface area contributed by atoms with E-state index in [1.165, 1.54) is 0 Å². The van der Waals surface area contributed by atoms with Gasteiger partial charge in [-0.2, -0.15) is 0 Å². The molecule has 1 saturated heterocycles. The molecule has 1 aromatic carbocycles. The highest BCUT2D eigenvalue weighted by molar-refractivity contribution is 5.85. The summed E-state index contributed by atoms with van der Waals surface area (Å²) in [7, 11) is 0. The molecule has 0 bridgehead atoms. The van der Waals surface area contributed by atoms with Gasteiger partial charge in [0, 0.05) is 26.2 Å². The number of benzene rings is 1. The molecule has 152 valence electrons. The van der Waals surface area contributed by atoms with Gasteiger partial charge < -0.3 is 10.4 Å². The van der Waals surface area contributed by atoms with E-state index in [9.17, 15) is 9.50 Å². The second-order valence-electron chi connectivity index (χ2n) is 8.92. The van der Waals surface area contributed by atoms with Crippen LogP contribution in [-0.4, -0.2) is 42.9 Å². The van der Waals surface area contributed by atoms with Crippen LogP contribution in [0.4, 0.5) is 4.39 Å². The smallest absolute Gasteiger partial charge is 0.123 e. The Morgan fingerprint density at radius 2 is 1.42 bits per heavy atom. The summed E-state index contributed by atoms with van der Waals surface area (Å²) in [6.07, 6.45) is 0. The number of nitrogens with one attached hydrogen (secondary N) is 1. The first-order valence-electron chi connectivity index (χ1n) is 8.94. The number of piperazine rings is 1. The molecule has 1 heterocycles. The van der Waals surface area contributed by atoms with Crippen LogP contribution < -0.4 is 5.32 Å². The number of phenols is 1. The molecule has 0 unspecified atom stereocenters. The van der Waals surface area contributed by atoms with Crippen LogP contribution in [0.5, 0.6) is 5.75 Å². The van der Waals surface area contributed by atoms with Gasteiger partial charge in [0.25, 0.3) is 0 Å². The number of alkyl halides is 1. The summed E-state index contributed by atoms with van der Waals surface area (Å²) in [5.41, 5.74) is 2.40. The standard InChI is InChI=1S/C20H33FN2O.2ClH/c1-19(2,3)15-11-14(12-16(18(15)24)20(4,5)6)17(13-21)23-9-7-22-8-10-23;;/h11-12,17,22,24H,7-10,13H2,1-6H3;2*1H/t17-;;/m0../s1. The fraction of sp³-hybridized carbons (Fsp3) is 0.700. The Bertz CT molecular complexity index is 541. The van der Waals surface area contributed by atoms with Crippen molar-refractivity contribution in [1.29, 1.82) is 0 Å².